The Morgan fingerprint density at radius 3 is 1.39 bits per heavy atom. The molecule has 4 aromatic carbocycles. The van der Waals surface area contributed by atoms with E-state index in [0.717, 1.165) is 0 Å². The largest absolute Gasteiger partial charge is 0.0622 e. The van der Waals surface area contributed by atoms with Gasteiger partial charge in [-0.2, -0.15) is 0 Å². The van der Waals surface area contributed by atoms with Crippen LogP contribution in [-0.4, -0.2) is 0 Å². The highest BCUT2D eigenvalue weighted by molar-refractivity contribution is 14.1. The Morgan fingerprint density at radius 2 is 0.870 bits per heavy atom. The number of hydrogen-bond donors (Lipinski definition) is 0. The maximum absolute atomic E-state index is 2.36. The molecule has 0 nitrogen and oxygen atoms in total. The highest BCUT2D eigenvalue weighted by Gasteiger charge is 1.99. The van der Waals surface area contributed by atoms with Crippen molar-refractivity contribution in [2.24, 2.45) is 0 Å². The molecule has 0 aliphatic rings. The topological polar surface area (TPSA) is 0 Å². The van der Waals surface area contributed by atoms with Gasteiger partial charge in [-0.3, -0.25) is 0 Å². The van der Waals surface area contributed by atoms with Gasteiger partial charge in [0.15, 0.2) is 0 Å². The predicted molar refractivity (Wildman–Crippen MR) is 109 cm³/mol. The van der Waals surface area contributed by atoms with Crippen LogP contribution in [0.5, 0.6) is 0 Å². The van der Waals surface area contributed by atoms with Crippen molar-refractivity contribution in [3.05, 3.63) is 107 Å². The van der Waals surface area contributed by atoms with Gasteiger partial charge in [-0.15, -0.1) is 0 Å². The fourth-order valence-electron chi connectivity index (χ4n) is 2.45. The van der Waals surface area contributed by atoms with Crippen molar-refractivity contribution in [1.82, 2.24) is 0 Å². The quantitative estimate of drug-likeness (QED) is 0.304. The Labute approximate surface area is 150 Å². The first-order chi connectivity index (χ1) is 11.3. The van der Waals surface area contributed by atoms with Gasteiger partial charge in [0.1, 0.15) is 0 Å². The van der Waals surface area contributed by atoms with Gasteiger partial charge in [0, 0.05) is 3.57 Å². The normalized spacial score (nSPS) is 9.96. The third kappa shape index (κ3) is 4.20. The Hall–Kier alpha value is -2.13. The number of fused-ring (bicyclic) bond motifs is 1. The van der Waals surface area contributed by atoms with Crippen molar-refractivity contribution in [2.45, 2.75) is 0 Å². The molecule has 23 heavy (non-hydrogen) atoms. The average molecular weight is 408 g/mol. The third-order valence-electron chi connectivity index (χ3n) is 3.62. The summed E-state index contributed by atoms with van der Waals surface area (Å²) in [5, 5.41) is 2.62. The minimum absolute atomic E-state index is 1.28. The van der Waals surface area contributed by atoms with Gasteiger partial charge in [0.2, 0.25) is 0 Å². The highest BCUT2D eigenvalue weighted by atomic mass is 127. The van der Waals surface area contributed by atoms with Crippen molar-refractivity contribution < 1.29 is 0 Å². The maximum atomic E-state index is 2.36. The van der Waals surface area contributed by atoms with Crippen LogP contribution in [0.25, 0.3) is 21.9 Å². The van der Waals surface area contributed by atoms with E-state index in [1.807, 2.05) is 6.07 Å². The number of halogens is 1. The van der Waals surface area contributed by atoms with Crippen LogP contribution in [0.2, 0.25) is 0 Å². The second kappa shape index (κ2) is 7.93. The molecule has 0 bridgehead atoms. The molecule has 0 radical (unpaired) electrons. The molecule has 0 amide bonds. The van der Waals surface area contributed by atoms with Crippen LogP contribution in [0.3, 0.4) is 0 Å². The van der Waals surface area contributed by atoms with Crippen molar-refractivity contribution >= 4 is 33.4 Å². The first-order valence-corrected chi connectivity index (χ1v) is 8.66. The number of rotatable bonds is 1. The molecule has 0 heterocycles. The van der Waals surface area contributed by atoms with E-state index >= 15 is 0 Å². The molecule has 0 aliphatic carbocycles. The number of hydrogen-bond acceptors (Lipinski definition) is 0. The van der Waals surface area contributed by atoms with Gasteiger partial charge in [-0.25, -0.2) is 0 Å². The summed E-state index contributed by atoms with van der Waals surface area (Å²) in [6, 6.07) is 35.6. The summed E-state index contributed by atoms with van der Waals surface area (Å²) in [5.41, 5.74) is 2.59. The van der Waals surface area contributed by atoms with E-state index < -0.39 is 0 Å². The molecule has 112 valence electrons. The molecule has 0 aromatic heterocycles. The highest BCUT2D eigenvalue weighted by Crippen LogP contribution is 2.24. The van der Waals surface area contributed by atoms with Gasteiger partial charge >= 0.3 is 0 Å². The van der Waals surface area contributed by atoms with Gasteiger partial charge in [-0.1, -0.05) is 97.1 Å². The lowest BCUT2D eigenvalue weighted by Gasteiger charge is -2.02. The van der Waals surface area contributed by atoms with E-state index in [1.54, 1.807) is 0 Å². The molecule has 4 rings (SSSR count). The molecule has 0 unspecified atom stereocenters. The molecular weight excluding hydrogens is 391 g/mol. The lowest BCUT2D eigenvalue weighted by Crippen LogP contribution is -1.80. The molecular formula is C22H17I. The van der Waals surface area contributed by atoms with Gasteiger partial charge in [0.05, 0.1) is 0 Å². The van der Waals surface area contributed by atoms with Crippen LogP contribution in [0.1, 0.15) is 0 Å². The van der Waals surface area contributed by atoms with Gasteiger partial charge in [0.25, 0.3) is 0 Å². The van der Waals surface area contributed by atoms with E-state index in [9.17, 15) is 0 Å². The van der Waals surface area contributed by atoms with E-state index in [-0.39, 0.29) is 0 Å². The molecule has 0 aliphatic heterocycles. The van der Waals surface area contributed by atoms with E-state index in [2.05, 4.69) is 120 Å². The molecule has 4 aromatic rings. The molecule has 0 N–H and O–H groups in total. The summed E-state index contributed by atoms with van der Waals surface area (Å²) in [7, 11) is 0. The minimum Gasteiger partial charge on any atom is -0.0622 e. The zero-order chi connectivity index (χ0) is 15.9. The fourth-order valence-corrected chi connectivity index (χ4v) is 3.14. The maximum Gasteiger partial charge on any atom is 0.0208 e. The first-order valence-electron chi connectivity index (χ1n) is 7.58. The summed E-state index contributed by atoms with van der Waals surface area (Å²) < 4.78 is 1.30. The molecule has 0 saturated heterocycles. The zero-order valence-corrected chi connectivity index (χ0v) is 14.9. The van der Waals surface area contributed by atoms with Crippen molar-refractivity contribution in [2.75, 3.05) is 0 Å². The summed E-state index contributed by atoms with van der Waals surface area (Å²) in [5.74, 6) is 0. The lowest BCUT2D eigenvalue weighted by atomic mass is 10.1. The van der Waals surface area contributed by atoms with Crippen LogP contribution in [0, 0.1) is 3.57 Å². The van der Waals surface area contributed by atoms with Crippen molar-refractivity contribution in [3.8, 4) is 11.1 Å². The second-order valence-corrected chi connectivity index (χ2v) is 6.36. The Morgan fingerprint density at radius 1 is 0.435 bits per heavy atom. The summed E-state index contributed by atoms with van der Waals surface area (Å²) in [6.45, 7) is 0. The summed E-state index contributed by atoms with van der Waals surface area (Å²) >= 11 is 2.36. The second-order valence-electron chi connectivity index (χ2n) is 5.19. The Balaban J connectivity index is 0.000000140. The smallest absolute Gasteiger partial charge is 0.0208 e. The SMILES string of the molecule is Ic1ccccc1-c1ccccc1.c1ccc2ccccc2c1. The van der Waals surface area contributed by atoms with Crippen LogP contribution in [-0.2, 0) is 0 Å². The minimum atomic E-state index is 1.28. The van der Waals surface area contributed by atoms with E-state index in [1.165, 1.54) is 25.5 Å². The standard InChI is InChI=1S/C12H9I.C10H8/c13-12-9-5-4-8-11(12)10-6-2-1-3-7-10;1-2-6-10-8-4-3-7-9(10)5-1/h1-9H;1-8H. The molecule has 0 spiro atoms. The van der Waals surface area contributed by atoms with Crippen LogP contribution in [0.15, 0.2) is 103 Å². The van der Waals surface area contributed by atoms with Gasteiger partial charge < -0.3 is 0 Å². The Bertz CT molecular complexity index is 817. The van der Waals surface area contributed by atoms with Crippen molar-refractivity contribution in [3.63, 3.8) is 0 Å². The van der Waals surface area contributed by atoms with E-state index in [4.69, 9.17) is 0 Å². The molecule has 0 fully saturated rings. The molecule has 1 heteroatoms. The lowest BCUT2D eigenvalue weighted by molar-refractivity contribution is 1.58. The molecule has 0 atom stereocenters. The summed E-state index contributed by atoms with van der Waals surface area (Å²) in [6.07, 6.45) is 0. The molecule has 0 saturated carbocycles. The van der Waals surface area contributed by atoms with Crippen LogP contribution in [0.4, 0.5) is 0 Å². The zero-order valence-electron chi connectivity index (χ0n) is 12.7. The summed E-state index contributed by atoms with van der Waals surface area (Å²) in [4.78, 5) is 0. The van der Waals surface area contributed by atoms with Crippen LogP contribution >= 0.6 is 22.6 Å². The van der Waals surface area contributed by atoms with E-state index in [0.29, 0.717) is 0 Å². The monoisotopic (exact) mass is 408 g/mol. The van der Waals surface area contributed by atoms with Crippen molar-refractivity contribution in [1.29, 1.82) is 0 Å². The predicted octanol–water partition coefficient (Wildman–Crippen LogP) is 6.80. The Kier molecular flexibility index (Phi) is 5.43. The van der Waals surface area contributed by atoms with Crippen LogP contribution < -0.4 is 0 Å². The fraction of sp³-hybridized carbons (Fsp3) is 0. The average Bonchev–Trinajstić information content (AvgIpc) is 2.63. The third-order valence-corrected chi connectivity index (χ3v) is 4.56. The first kappa shape index (κ1) is 15.8. The number of benzene rings is 4. The van der Waals surface area contributed by atoms with Gasteiger partial charge in [-0.05, 0) is 50.6 Å².